The van der Waals surface area contributed by atoms with Crippen molar-refractivity contribution in [3.05, 3.63) is 29.8 Å². The Morgan fingerprint density at radius 2 is 1.61 bits per heavy atom. The van der Waals surface area contributed by atoms with E-state index in [4.69, 9.17) is 18.4 Å². The van der Waals surface area contributed by atoms with Crippen molar-refractivity contribution in [3.63, 3.8) is 0 Å². The number of carbonyl (C=O) groups excluding carboxylic acids is 1. The van der Waals surface area contributed by atoms with Crippen LogP contribution in [0.5, 0.6) is 0 Å². The summed E-state index contributed by atoms with van der Waals surface area (Å²) in [5, 5.41) is 0. The summed E-state index contributed by atoms with van der Waals surface area (Å²) in [6.45, 7) is 9.67. The molecule has 1 aliphatic heterocycles. The molecule has 11 heteroatoms. The van der Waals surface area contributed by atoms with Crippen molar-refractivity contribution < 1.29 is 40.0 Å². The summed E-state index contributed by atoms with van der Waals surface area (Å²) in [5.41, 5.74) is 0.129. The molecule has 0 bridgehead atoms. The Labute approximate surface area is 183 Å². The first-order valence-corrected chi connectivity index (χ1v) is 13.2. The third-order valence-electron chi connectivity index (χ3n) is 4.22. The van der Waals surface area contributed by atoms with E-state index in [-0.39, 0.29) is 17.7 Å². The largest absolute Gasteiger partial charge is 0.460 e. The monoisotopic (exact) mass is 478 g/mol. The maximum atomic E-state index is 12.5. The highest BCUT2D eigenvalue weighted by molar-refractivity contribution is 8.65. The van der Waals surface area contributed by atoms with E-state index in [0.29, 0.717) is 0 Å². The molecule has 2 atom stereocenters. The van der Waals surface area contributed by atoms with Gasteiger partial charge < -0.3 is 14.2 Å². The molecule has 0 saturated carbocycles. The number of hydrogen-bond donors (Lipinski definition) is 0. The second-order valence-corrected chi connectivity index (χ2v) is 13.8. The standard InChI is InChI=1S/C20H30O9S2/c1-14-7-9-17(10-8-14)30(22,23)31(24,25)26-13-16-11-15(27-20(5,6)28-16)12-18(21)29-19(2,3)4/h7-10,15-16H,11-13H2,1-6H3/t15-,16+/m1/s1. The molecule has 0 amide bonds. The fraction of sp³-hybridized carbons (Fsp3) is 0.650. The van der Waals surface area contributed by atoms with Crippen molar-refractivity contribution in [2.24, 2.45) is 0 Å². The summed E-state index contributed by atoms with van der Waals surface area (Å²) in [5.74, 6) is -1.59. The van der Waals surface area contributed by atoms with Gasteiger partial charge >= 0.3 is 24.0 Å². The molecule has 31 heavy (non-hydrogen) atoms. The van der Waals surface area contributed by atoms with Gasteiger partial charge in [-0.2, -0.15) is 8.42 Å². The van der Waals surface area contributed by atoms with Gasteiger partial charge in [-0.3, -0.25) is 8.98 Å². The number of carbonyl (C=O) groups is 1. The van der Waals surface area contributed by atoms with Gasteiger partial charge in [0, 0.05) is 6.42 Å². The van der Waals surface area contributed by atoms with Crippen LogP contribution in [0.4, 0.5) is 0 Å². The highest BCUT2D eigenvalue weighted by Gasteiger charge is 2.40. The van der Waals surface area contributed by atoms with Gasteiger partial charge in [0.1, 0.15) is 5.60 Å². The van der Waals surface area contributed by atoms with E-state index in [9.17, 15) is 21.6 Å². The first-order valence-electron chi connectivity index (χ1n) is 9.79. The molecule has 0 aromatic heterocycles. The van der Waals surface area contributed by atoms with Crippen molar-refractivity contribution in [3.8, 4) is 0 Å². The van der Waals surface area contributed by atoms with Gasteiger partial charge in [0.2, 0.25) is 0 Å². The Kier molecular flexibility index (Phi) is 7.59. The third kappa shape index (κ3) is 7.25. The van der Waals surface area contributed by atoms with Gasteiger partial charge in [-0.25, -0.2) is 8.42 Å². The fourth-order valence-corrected chi connectivity index (χ4v) is 5.80. The van der Waals surface area contributed by atoms with Crippen molar-refractivity contribution in [1.82, 2.24) is 0 Å². The Morgan fingerprint density at radius 3 is 2.16 bits per heavy atom. The topological polar surface area (TPSA) is 122 Å². The van der Waals surface area contributed by atoms with E-state index in [0.717, 1.165) is 5.56 Å². The van der Waals surface area contributed by atoms with E-state index in [1.807, 2.05) is 0 Å². The maximum absolute atomic E-state index is 12.5. The molecule has 0 radical (unpaired) electrons. The lowest BCUT2D eigenvalue weighted by Crippen LogP contribution is -2.47. The SMILES string of the molecule is Cc1ccc(S(=O)(=O)S(=O)(=O)OC[C@@H]2C[C@H](CC(=O)OC(C)(C)C)OC(C)(C)O2)cc1. The molecule has 0 unspecified atom stereocenters. The molecule has 1 aromatic carbocycles. The predicted octanol–water partition coefficient (Wildman–Crippen LogP) is 2.67. The highest BCUT2D eigenvalue weighted by atomic mass is 33.2. The van der Waals surface area contributed by atoms with Gasteiger partial charge in [0.05, 0.1) is 30.1 Å². The van der Waals surface area contributed by atoms with Crippen LogP contribution in [0.15, 0.2) is 29.2 Å². The van der Waals surface area contributed by atoms with Crippen molar-refractivity contribution in [1.29, 1.82) is 0 Å². The zero-order valence-electron chi connectivity index (χ0n) is 18.6. The average Bonchev–Trinajstić information content (AvgIpc) is 2.57. The number of benzene rings is 1. The predicted molar refractivity (Wildman–Crippen MR) is 112 cm³/mol. The van der Waals surface area contributed by atoms with Crippen LogP contribution in [0.25, 0.3) is 0 Å². The molecule has 0 N–H and O–H groups in total. The molecule has 1 fully saturated rings. The fourth-order valence-electron chi connectivity index (χ4n) is 3.06. The van der Waals surface area contributed by atoms with Gasteiger partial charge in [-0.05, 0) is 53.7 Å². The second kappa shape index (κ2) is 9.14. The van der Waals surface area contributed by atoms with Gasteiger partial charge in [0.15, 0.2) is 5.79 Å². The number of rotatable bonds is 7. The number of esters is 1. The number of ether oxygens (including phenoxy) is 3. The number of hydrogen-bond acceptors (Lipinski definition) is 9. The van der Waals surface area contributed by atoms with Crippen molar-refractivity contribution in [2.45, 2.75) is 82.9 Å². The zero-order valence-corrected chi connectivity index (χ0v) is 20.2. The Morgan fingerprint density at radius 1 is 1.06 bits per heavy atom. The van der Waals surface area contributed by atoms with Crippen LogP contribution in [0.3, 0.4) is 0 Å². The molecule has 0 spiro atoms. The molecular formula is C20H30O9S2. The summed E-state index contributed by atoms with van der Waals surface area (Å²) in [6.07, 6.45) is -1.35. The third-order valence-corrected chi connectivity index (χ3v) is 8.51. The van der Waals surface area contributed by atoms with E-state index in [2.05, 4.69) is 0 Å². The summed E-state index contributed by atoms with van der Waals surface area (Å²) in [6, 6.07) is 5.40. The summed E-state index contributed by atoms with van der Waals surface area (Å²) < 4.78 is 71.2. The van der Waals surface area contributed by atoms with Crippen LogP contribution < -0.4 is 0 Å². The summed E-state index contributed by atoms with van der Waals surface area (Å²) >= 11 is 0. The van der Waals surface area contributed by atoms with Gasteiger partial charge in [0.25, 0.3) is 0 Å². The quantitative estimate of drug-likeness (QED) is 0.430. The summed E-state index contributed by atoms with van der Waals surface area (Å²) in [7, 11) is -9.72. The molecular weight excluding hydrogens is 448 g/mol. The molecule has 1 saturated heterocycles. The zero-order chi connectivity index (χ0) is 23.7. The second-order valence-electron chi connectivity index (χ2n) is 8.87. The summed E-state index contributed by atoms with van der Waals surface area (Å²) in [4.78, 5) is 11.7. The van der Waals surface area contributed by atoms with Crippen LogP contribution in [0.2, 0.25) is 0 Å². The smallest absolute Gasteiger partial charge is 0.379 e. The minimum absolute atomic E-state index is 0.0605. The lowest BCUT2D eigenvalue weighted by atomic mass is 10.1. The minimum Gasteiger partial charge on any atom is -0.460 e. The van der Waals surface area contributed by atoms with Crippen LogP contribution in [-0.4, -0.2) is 53.0 Å². The molecule has 9 nitrogen and oxygen atoms in total. The highest BCUT2D eigenvalue weighted by Crippen LogP contribution is 2.30. The van der Waals surface area contributed by atoms with Gasteiger partial charge in [-0.1, -0.05) is 17.7 Å². The Hall–Kier alpha value is -1.53. The Balaban J connectivity index is 2.07. The first-order chi connectivity index (χ1) is 14.0. The molecule has 1 heterocycles. The van der Waals surface area contributed by atoms with E-state index in [1.54, 1.807) is 41.5 Å². The maximum Gasteiger partial charge on any atom is 0.379 e. The molecule has 1 aliphatic rings. The first kappa shape index (κ1) is 25.7. The van der Waals surface area contributed by atoms with E-state index >= 15 is 0 Å². The lowest BCUT2D eigenvalue weighted by Gasteiger charge is -2.40. The normalized spacial score (nSPS) is 22.1. The van der Waals surface area contributed by atoms with Crippen LogP contribution >= 0.6 is 0 Å². The van der Waals surface area contributed by atoms with Crippen LogP contribution in [0, 0.1) is 6.92 Å². The van der Waals surface area contributed by atoms with E-state index in [1.165, 1.54) is 24.3 Å². The average molecular weight is 479 g/mol. The van der Waals surface area contributed by atoms with Crippen molar-refractivity contribution in [2.75, 3.05) is 6.61 Å². The number of aryl methyl sites for hydroxylation is 1. The van der Waals surface area contributed by atoms with Crippen LogP contribution in [0.1, 0.15) is 53.0 Å². The molecule has 1 aromatic rings. The Bertz CT molecular complexity index is 988. The van der Waals surface area contributed by atoms with Crippen molar-refractivity contribution >= 4 is 24.0 Å². The van der Waals surface area contributed by atoms with Crippen LogP contribution in [-0.2, 0) is 41.2 Å². The molecule has 0 aliphatic carbocycles. The minimum atomic E-state index is -4.97. The van der Waals surface area contributed by atoms with E-state index < -0.39 is 54.2 Å². The lowest BCUT2D eigenvalue weighted by molar-refractivity contribution is -0.303. The molecule has 2 rings (SSSR count). The van der Waals surface area contributed by atoms with Gasteiger partial charge in [-0.15, -0.1) is 0 Å². The molecule has 176 valence electrons.